The van der Waals surface area contributed by atoms with Gasteiger partial charge in [-0.15, -0.1) is 5.10 Å². The molecule has 0 aliphatic heterocycles. The standard InChI is InChI=1S/C22H22N6O2/c1-16(22-24-20(26-30-22)18-12-6-3-7-13-18)23-21(29)19-15-28(27-25-19)14-8-11-17-9-4-2-5-10-17/h2-7,9-10,12-13,15-16H,8,11,14H2,1H3,(H,23,29). The minimum absolute atomic E-state index is 0.254. The van der Waals surface area contributed by atoms with Crippen LogP contribution >= 0.6 is 0 Å². The van der Waals surface area contributed by atoms with Crippen molar-refractivity contribution in [2.24, 2.45) is 0 Å². The fourth-order valence-electron chi connectivity index (χ4n) is 3.05. The Kier molecular flexibility index (Phi) is 5.93. The van der Waals surface area contributed by atoms with Crippen LogP contribution in [0.1, 0.15) is 41.3 Å². The summed E-state index contributed by atoms with van der Waals surface area (Å²) < 4.78 is 6.98. The number of aryl methyl sites for hydroxylation is 2. The summed E-state index contributed by atoms with van der Waals surface area (Å²) in [5.74, 6) is 0.477. The molecule has 0 fully saturated rings. The van der Waals surface area contributed by atoms with E-state index in [0.717, 1.165) is 18.4 Å². The van der Waals surface area contributed by atoms with Crippen LogP contribution in [0.25, 0.3) is 11.4 Å². The van der Waals surface area contributed by atoms with Gasteiger partial charge in [-0.3, -0.25) is 9.48 Å². The summed E-state index contributed by atoms with van der Waals surface area (Å²) in [5.41, 5.74) is 2.38. The number of nitrogens with one attached hydrogen (secondary N) is 1. The molecule has 8 heteroatoms. The molecule has 30 heavy (non-hydrogen) atoms. The van der Waals surface area contributed by atoms with Crippen LogP contribution in [0.2, 0.25) is 0 Å². The highest BCUT2D eigenvalue weighted by atomic mass is 16.5. The molecule has 0 aliphatic carbocycles. The largest absolute Gasteiger partial charge is 0.339 e. The number of nitrogens with zero attached hydrogens (tertiary/aromatic N) is 5. The van der Waals surface area contributed by atoms with Crippen LogP contribution in [0.4, 0.5) is 0 Å². The third kappa shape index (κ3) is 4.78. The number of amides is 1. The zero-order valence-corrected chi connectivity index (χ0v) is 16.6. The SMILES string of the molecule is CC(NC(=O)c1cn(CCCc2ccccc2)nn1)c1nc(-c2ccccc2)no1. The van der Waals surface area contributed by atoms with Crippen molar-refractivity contribution >= 4 is 5.91 Å². The van der Waals surface area contributed by atoms with E-state index in [4.69, 9.17) is 4.52 Å². The molecule has 0 radical (unpaired) electrons. The maximum absolute atomic E-state index is 12.5. The van der Waals surface area contributed by atoms with Crippen molar-refractivity contribution in [2.45, 2.75) is 32.4 Å². The normalized spacial score (nSPS) is 11.9. The summed E-state index contributed by atoms with van der Waals surface area (Å²) >= 11 is 0. The van der Waals surface area contributed by atoms with E-state index in [2.05, 4.69) is 37.9 Å². The first-order valence-corrected chi connectivity index (χ1v) is 9.83. The molecule has 1 N–H and O–H groups in total. The predicted molar refractivity (Wildman–Crippen MR) is 110 cm³/mol. The molecule has 0 saturated heterocycles. The van der Waals surface area contributed by atoms with Gasteiger partial charge in [0.2, 0.25) is 11.7 Å². The van der Waals surface area contributed by atoms with E-state index >= 15 is 0 Å². The second-order valence-electron chi connectivity index (χ2n) is 6.97. The number of carbonyl (C=O) groups is 1. The zero-order valence-electron chi connectivity index (χ0n) is 16.6. The molecule has 152 valence electrons. The maximum atomic E-state index is 12.5. The average molecular weight is 402 g/mol. The van der Waals surface area contributed by atoms with Gasteiger partial charge >= 0.3 is 0 Å². The molecule has 8 nitrogen and oxygen atoms in total. The molecule has 2 aromatic carbocycles. The van der Waals surface area contributed by atoms with Crippen LogP contribution in [-0.2, 0) is 13.0 Å². The van der Waals surface area contributed by atoms with Gasteiger partial charge in [0.1, 0.15) is 6.04 Å². The van der Waals surface area contributed by atoms with E-state index in [1.807, 2.05) is 48.5 Å². The second kappa shape index (κ2) is 9.13. The van der Waals surface area contributed by atoms with Gasteiger partial charge in [0.15, 0.2) is 5.69 Å². The van der Waals surface area contributed by atoms with Gasteiger partial charge in [0, 0.05) is 12.1 Å². The summed E-state index contributed by atoms with van der Waals surface area (Å²) in [6.45, 7) is 2.47. The summed E-state index contributed by atoms with van der Waals surface area (Å²) in [6, 6.07) is 19.3. The van der Waals surface area contributed by atoms with Crippen LogP contribution in [0.5, 0.6) is 0 Å². The van der Waals surface area contributed by atoms with Crippen molar-refractivity contribution in [1.82, 2.24) is 30.5 Å². The fourth-order valence-corrected chi connectivity index (χ4v) is 3.05. The Bertz CT molecular complexity index is 1090. The second-order valence-corrected chi connectivity index (χ2v) is 6.97. The lowest BCUT2D eigenvalue weighted by Crippen LogP contribution is -2.27. The summed E-state index contributed by atoms with van der Waals surface area (Å²) in [7, 11) is 0. The first-order chi connectivity index (χ1) is 14.7. The Morgan fingerprint density at radius 2 is 1.83 bits per heavy atom. The highest BCUT2D eigenvalue weighted by molar-refractivity contribution is 5.92. The summed E-state index contributed by atoms with van der Waals surface area (Å²) in [6.07, 6.45) is 3.51. The lowest BCUT2D eigenvalue weighted by molar-refractivity contribution is 0.0927. The molecule has 0 aliphatic rings. The van der Waals surface area contributed by atoms with Crippen molar-refractivity contribution in [1.29, 1.82) is 0 Å². The van der Waals surface area contributed by atoms with Crippen molar-refractivity contribution in [2.75, 3.05) is 0 Å². The minimum atomic E-state index is -0.453. The van der Waals surface area contributed by atoms with Crippen LogP contribution in [-0.4, -0.2) is 31.0 Å². The maximum Gasteiger partial charge on any atom is 0.274 e. The number of hydrogen-bond donors (Lipinski definition) is 1. The van der Waals surface area contributed by atoms with Crippen molar-refractivity contribution in [3.63, 3.8) is 0 Å². The molecule has 4 aromatic rings. The molecule has 1 atom stereocenters. The Hall–Kier alpha value is -3.81. The Labute approximate surface area is 173 Å². The molecule has 1 unspecified atom stereocenters. The minimum Gasteiger partial charge on any atom is -0.339 e. The molecule has 1 amide bonds. The topological polar surface area (TPSA) is 98.7 Å². The number of carbonyl (C=O) groups excluding carboxylic acids is 1. The first-order valence-electron chi connectivity index (χ1n) is 9.83. The Morgan fingerprint density at radius 3 is 2.60 bits per heavy atom. The highest BCUT2D eigenvalue weighted by Gasteiger charge is 2.19. The predicted octanol–water partition coefficient (Wildman–Crippen LogP) is 3.45. The van der Waals surface area contributed by atoms with Crippen molar-refractivity contribution in [3.05, 3.63) is 84.0 Å². The highest BCUT2D eigenvalue weighted by Crippen LogP contribution is 2.18. The Morgan fingerprint density at radius 1 is 1.10 bits per heavy atom. The number of aromatic nitrogens is 5. The van der Waals surface area contributed by atoms with Crippen molar-refractivity contribution in [3.8, 4) is 11.4 Å². The lowest BCUT2D eigenvalue weighted by Gasteiger charge is -2.07. The summed E-state index contributed by atoms with van der Waals surface area (Å²) in [4.78, 5) is 16.9. The number of benzene rings is 2. The van der Waals surface area contributed by atoms with Gasteiger partial charge in [-0.1, -0.05) is 71.0 Å². The molecule has 0 bridgehead atoms. The molecule has 2 aromatic heterocycles. The molecule has 4 rings (SSSR count). The lowest BCUT2D eigenvalue weighted by atomic mass is 10.1. The van der Waals surface area contributed by atoms with E-state index in [-0.39, 0.29) is 11.6 Å². The van der Waals surface area contributed by atoms with Gasteiger partial charge in [0.25, 0.3) is 5.91 Å². The van der Waals surface area contributed by atoms with Gasteiger partial charge < -0.3 is 9.84 Å². The zero-order chi connectivity index (χ0) is 20.8. The van der Waals surface area contributed by atoms with E-state index in [1.54, 1.807) is 17.8 Å². The molecule has 0 spiro atoms. The van der Waals surface area contributed by atoms with Gasteiger partial charge in [-0.25, -0.2) is 0 Å². The number of hydrogen-bond acceptors (Lipinski definition) is 6. The van der Waals surface area contributed by atoms with Gasteiger partial charge in [-0.05, 0) is 25.3 Å². The monoisotopic (exact) mass is 402 g/mol. The van der Waals surface area contributed by atoms with E-state index in [1.165, 1.54) is 5.56 Å². The van der Waals surface area contributed by atoms with Crippen LogP contribution in [0.3, 0.4) is 0 Å². The fraction of sp³-hybridized carbons (Fsp3) is 0.227. The van der Waals surface area contributed by atoms with Gasteiger partial charge in [-0.2, -0.15) is 4.98 Å². The molecular weight excluding hydrogens is 380 g/mol. The van der Waals surface area contributed by atoms with Crippen LogP contribution in [0, 0.1) is 0 Å². The smallest absolute Gasteiger partial charge is 0.274 e. The van der Waals surface area contributed by atoms with Crippen molar-refractivity contribution < 1.29 is 9.32 Å². The van der Waals surface area contributed by atoms with E-state index < -0.39 is 6.04 Å². The molecule has 2 heterocycles. The summed E-state index contributed by atoms with van der Waals surface area (Å²) in [5, 5.41) is 14.8. The van der Waals surface area contributed by atoms with Gasteiger partial charge in [0.05, 0.1) is 6.20 Å². The quantitative estimate of drug-likeness (QED) is 0.485. The average Bonchev–Trinajstić information content (AvgIpc) is 3.45. The third-order valence-corrected chi connectivity index (χ3v) is 4.66. The van der Waals surface area contributed by atoms with E-state index in [0.29, 0.717) is 18.3 Å². The molecule has 0 saturated carbocycles. The van der Waals surface area contributed by atoms with Crippen LogP contribution in [0.15, 0.2) is 71.4 Å². The Balaban J connectivity index is 1.31. The van der Waals surface area contributed by atoms with Crippen LogP contribution < -0.4 is 5.32 Å². The third-order valence-electron chi connectivity index (χ3n) is 4.66. The van der Waals surface area contributed by atoms with E-state index in [9.17, 15) is 4.79 Å². The molecular formula is C22H22N6O2. The number of rotatable bonds is 8. The first kappa shape index (κ1) is 19.5.